The Labute approximate surface area is 183 Å². The Kier molecular flexibility index (Phi) is 4.95. The number of para-hydroxylation sites is 1. The molecule has 5 aromatic rings. The van der Waals surface area contributed by atoms with Gasteiger partial charge in [0, 0.05) is 28.6 Å². The van der Waals surface area contributed by atoms with Crippen LogP contribution < -0.4 is 5.84 Å². The second-order valence-corrected chi connectivity index (χ2v) is 8.41. The lowest BCUT2D eigenvalue weighted by atomic mass is 10.0. The number of hydrogen-bond acceptors (Lipinski definition) is 5. The number of hydrogen-bond donors (Lipinski definition) is 2. The van der Waals surface area contributed by atoms with Crippen molar-refractivity contribution in [1.82, 2.24) is 19.9 Å². The van der Waals surface area contributed by atoms with Gasteiger partial charge in [0.05, 0.1) is 5.75 Å². The van der Waals surface area contributed by atoms with Crippen LogP contribution in [0.15, 0.2) is 71.9 Å². The van der Waals surface area contributed by atoms with E-state index in [0.29, 0.717) is 17.4 Å². The van der Waals surface area contributed by atoms with E-state index in [1.165, 1.54) is 27.2 Å². The number of nitrogens with two attached hydrogens (primary N) is 1. The van der Waals surface area contributed by atoms with Crippen LogP contribution in [-0.4, -0.2) is 31.4 Å². The number of H-pyrrole nitrogens is 1. The van der Waals surface area contributed by atoms with Crippen LogP contribution in [0.25, 0.3) is 21.7 Å². The zero-order chi connectivity index (χ0) is 21.4. The van der Waals surface area contributed by atoms with Crippen molar-refractivity contribution in [2.45, 2.75) is 18.5 Å². The molecular formula is C24H21N5OS. The summed E-state index contributed by atoms with van der Waals surface area (Å²) < 4.78 is 1.49. The second-order valence-electron chi connectivity index (χ2n) is 7.47. The topological polar surface area (TPSA) is 89.6 Å². The van der Waals surface area contributed by atoms with Crippen LogP contribution in [0.4, 0.5) is 0 Å². The van der Waals surface area contributed by atoms with Crippen molar-refractivity contribution in [3.63, 3.8) is 0 Å². The molecule has 7 heteroatoms. The van der Waals surface area contributed by atoms with Crippen molar-refractivity contribution in [3.05, 3.63) is 89.4 Å². The number of aryl methyl sites for hydroxylation is 1. The van der Waals surface area contributed by atoms with E-state index in [2.05, 4.69) is 39.4 Å². The van der Waals surface area contributed by atoms with Gasteiger partial charge in [0.2, 0.25) is 5.16 Å². The summed E-state index contributed by atoms with van der Waals surface area (Å²) in [5.74, 6) is 7.22. The van der Waals surface area contributed by atoms with E-state index < -0.39 is 0 Å². The molecule has 0 saturated carbocycles. The largest absolute Gasteiger partial charge is 0.358 e. The fourth-order valence-electron chi connectivity index (χ4n) is 3.98. The fraction of sp³-hybridized carbons (Fsp3) is 0.125. The summed E-state index contributed by atoms with van der Waals surface area (Å²) >= 11 is 1.31. The van der Waals surface area contributed by atoms with E-state index in [4.69, 9.17) is 5.84 Å². The van der Waals surface area contributed by atoms with Gasteiger partial charge in [-0.3, -0.25) is 4.79 Å². The maximum absolute atomic E-state index is 12.9. The molecule has 2 heterocycles. The van der Waals surface area contributed by atoms with Crippen molar-refractivity contribution in [1.29, 1.82) is 0 Å². The lowest BCUT2D eigenvalue weighted by molar-refractivity contribution is 0.102. The fourth-order valence-corrected chi connectivity index (χ4v) is 4.73. The smallest absolute Gasteiger partial charge is 0.210 e. The van der Waals surface area contributed by atoms with Gasteiger partial charge >= 0.3 is 0 Å². The number of aromatic nitrogens is 4. The first-order valence-corrected chi connectivity index (χ1v) is 11.0. The second kappa shape index (κ2) is 7.92. The third-order valence-corrected chi connectivity index (χ3v) is 6.41. The molecule has 0 fully saturated rings. The molecule has 0 amide bonds. The predicted molar refractivity (Wildman–Crippen MR) is 125 cm³/mol. The molecule has 0 unspecified atom stereocenters. The molecule has 2 aromatic heterocycles. The standard InChI is InChI=1S/C24H21N5OS/c1-15-23(19-11-4-5-12-20(19)26-15)21(30)14-31-24-28-27-22(29(24)25)13-17-9-6-8-16-7-2-3-10-18(16)17/h2-12,26H,13-14,25H2,1H3. The molecule has 31 heavy (non-hydrogen) atoms. The molecule has 0 aliphatic carbocycles. The Balaban J connectivity index is 1.35. The van der Waals surface area contributed by atoms with Crippen molar-refractivity contribution in [2.24, 2.45) is 0 Å². The van der Waals surface area contributed by atoms with Crippen molar-refractivity contribution >= 4 is 39.2 Å². The van der Waals surface area contributed by atoms with Gasteiger partial charge in [-0.15, -0.1) is 10.2 Å². The van der Waals surface area contributed by atoms with E-state index in [-0.39, 0.29) is 11.5 Å². The van der Waals surface area contributed by atoms with Gasteiger partial charge in [-0.25, -0.2) is 4.68 Å². The Bertz CT molecular complexity index is 1410. The number of benzene rings is 3. The molecule has 0 aliphatic heterocycles. The highest BCUT2D eigenvalue weighted by Crippen LogP contribution is 2.26. The van der Waals surface area contributed by atoms with Crippen LogP contribution in [0.1, 0.15) is 27.4 Å². The third-order valence-electron chi connectivity index (χ3n) is 5.47. The van der Waals surface area contributed by atoms with Gasteiger partial charge in [-0.2, -0.15) is 0 Å². The van der Waals surface area contributed by atoms with Crippen molar-refractivity contribution < 1.29 is 4.79 Å². The summed E-state index contributed by atoms with van der Waals surface area (Å²) in [5, 5.41) is 12.3. The number of rotatable bonds is 6. The summed E-state index contributed by atoms with van der Waals surface area (Å²) in [5.41, 5.74) is 3.70. The Morgan fingerprint density at radius 1 is 1.00 bits per heavy atom. The maximum atomic E-state index is 12.9. The molecule has 3 N–H and O–H groups in total. The summed E-state index contributed by atoms with van der Waals surface area (Å²) in [4.78, 5) is 16.2. The van der Waals surface area contributed by atoms with Gasteiger partial charge in [-0.05, 0) is 29.3 Å². The highest BCUT2D eigenvalue weighted by atomic mass is 32.2. The van der Waals surface area contributed by atoms with Crippen LogP contribution in [0.5, 0.6) is 0 Å². The summed E-state index contributed by atoms with van der Waals surface area (Å²) in [7, 11) is 0. The molecule has 0 bridgehead atoms. The molecule has 0 aliphatic rings. The molecule has 0 spiro atoms. The molecule has 5 rings (SSSR count). The average molecular weight is 428 g/mol. The first-order valence-electron chi connectivity index (χ1n) is 10.0. The Morgan fingerprint density at radius 3 is 2.61 bits per heavy atom. The number of carbonyl (C=O) groups is 1. The minimum atomic E-state index is 0.0403. The zero-order valence-electron chi connectivity index (χ0n) is 17.0. The zero-order valence-corrected chi connectivity index (χ0v) is 17.8. The number of Topliss-reactive ketones (excluding diaryl/α,β-unsaturated/α-hetero) is 1. The number of nitrogens with one attached hydrogen (secondary N) is 1. The maximum Gasteiger partial charge on any atom is 0.210 e. The number of ketones is 1. The monoisotopic (exact) mass is 427 g/mol. The van der Waals surface area contributed by atoms with Gasteiger partial charge in [0.15, 0.2) is 11.6 Å². The van der Waals surface area contributed by atoms with Gasteiger partial charge in [-0.1, -0.05) is 72.4 Å². The molecule has 3 aromatic carbocycles. The summed E-state index contributed by atoms with van der Waals surface area (Å²) in [6, 6.07) is 22.3. The van der Waals surface area contributed by atoms with Crippen LogP contribution in [0.3, 0.4) is 0 Å². The molecular weight excluding hydrogens is 406 g/mol. The van der Waals surface area contributed by atoms with Crippen LogP contribution in [0, 0.1) is 6.92 Å². The normalized spacial score (nSPS) is 11.4. The van der Waals surface area contributed by atoms with E-state index in [0.717, 1.165) is 27.7 Å². The Morgan fingerprint density at radius 2 is 1.74 bits per heavy atom. The minimum absolute atomic E-state index is 0.0403. The number of nitrogens with zero attached hydrogens (tertiary/aromatic N) is 3. The molecule has 0 atom stereocenters. The number of thioether (sulfide) groups is 1. The first-order chi connectivity index (χ1) is 15.1. The van der Waals surface area contributed by atoms with Crippen LogP contribution in [-0.2, 0) is 6.42 Å². The third kappa shape index (κ3) is 3.57. The molecule has 0 saturated heterocycles. The average Bonchev–Trinajstić information content (AvgIpc) is 3.31. The minimum Gasteiger partial charge on any atom is -0.358 e. The lowest BCUT2D eigenvalue weighted by Crippen LogP contribution is -2.15. The van der Waals surface area contributed by atoms with Gasteiger partial charge in [0.25, 0.3) is 0 Å². The van der Waals surface area contributed by atoms with E-state index in [1.54, 1.807) is 0 Å². The number of carbonyl (C=O) groups excluding carboxylic acids is 1. The van der Waals surface area contributed by atoms with Crippen LogP contribution in [0.2, 0.25) is 0 Å². The van der Waals surface area contributed by atoms with E-state index >= 15 is 0 Å². The first kappa shape index (κ1) is 19.4. The molecule has 6 nitrogen and oxygen atoms in total. The number of fused-ring (bicyclic) bond motifs is 2. The van der Waals surface area contributed by atoms with Crippen molar-refractivity contribution in [2.75, 3.05) is 11.6 Å². The summed E-state index contributed by atoms with van der Waals surface area (Å²) in [6.45, 7) is 1.92. The van der Waals surface area contributed by atoms with Crippen LogP contribution >= 0.6 is 11.8 Å². The highest BCUT2D eigenvalue weighted by Gasteiger charge is 2.18. The quantitative estimate of drug-likeness (QED) is 0.237. The lowest BCUT2D eigenvalue weighted by Gasteiger charge is -2.07. The van der Waals surface area contributed by atoms with E-state index in [9.17, 15) is 4.79 Å². The predicted octanol–water partition coefficient (Wildman–Crippen LogP) is 4.50. The van der Waals surface area contributed by atoms with E-state index in [1.807, 2.05) is 49.4 Å². The molecule has 0 radical (unpaired) electrons. The molecule has 154 valence electrons. The SMILES string of the molecule is Cc1[nH]c2ccccc2c1C(=O)CSc1nnc(Cc2cccc3ccccc23)n1N. The van der Waals surface area contributed by atoms with Gasteiger partial charge in [0.1, 0.15) is 0 Å². The number of nitrogen functional groups attached to an aromatic ring is 1. The van der Waals surface area contributed by atoms with Crippen molar-refractivity contribution in [3.8, 4) is 0 Å². The van der Waals surface area contributed by atoms with Gasteiger partial charge < -0.3 is 10.8 Å². The number of aromatic amines is 1. The Hall–Kier alpha value is -3.58. The summed E-state index contributed by atoms with van der Waals surface area (Å²) in [6.07, 6.45) is 0.570. The highest BCUT2D eigenvalue weighted by molar-refractivity contribution is 7.99.